The third-order valence-electron chi connectivity index (χ3n) is 2.70. The number of amides is 1. The van der Waals surface area contributed by atoms with E-state index in [0.29, 0.717) is 0 Å². The molecule has 8 heteroatoms. The first-order valence-corrected chi connectivity index (χ1v) is 8.16. The Morgan fingerprint density at radius 1 is 1.27 bits per heavy atom. The fourth-order valence-corrected chi connectivity index (χ4v) is 2.31. The highest BCUT2D eigenvalue weighted by atomic mass is 32.2. The number of H-pyrrole nitrogens is 1. The van der Waals surface area contributed by atoms with Crippen LogP contribution in [-0.2, 0) is 14.6 Å². The summed E-state index contributed by atoms with van der Waals surface area (Å²) in [5.41, 5.74) is -0.309. The highest BCUT2D eigenvalue weighted by molar-refractivity contribution is 7.90. The second kappa shape index (κ2) is 6.44. The topological polar surface area (TPSA) is 105 Å². The maximum Gasteiger partial charge on any atom is 0.271 e. The maximum absolute atomic E-state index is 11.7. The summed E-state index contributed by atoms with van der Waals surface area (Å²) >= 11 is 0. The summed E-state index contributed by atoms with van der Waals surface area (Å²) in [6, 6.07) is 8.86. The van der Waals surface area contributed by atoms with Crippen molar-refractivity contribution in [3.63, 3.8) is 0 Å². The van der Waals surface area contributed by atoms with Gasteiger partial charge in [-0.25, -0.2) is 8.42 Å². The van der Waals surface area contributed by atoms with E-state index in [0.717, 1.165) is 6.26 Å². The number of rotatable bonds is 5. The molecule has 0 atom stereocenters. The summed E-state index contributed by atoms with van der Waals surface area (Å²) < 4.78 is 28.1. The molecule has 1 heterocycles. The van der Waals surface area contributed by atoms with Gasteiger partial charge in [0.1, 0.15) is 11.4 Å². The minimum Gasteiger partial charge on any atom is -0.484 e. The maximum atomic E-state index is 11.7. The van der Waals surface area contributed by atoms with Crippen LogP contribution in [0.1, 0.15) is 0 Å². The van der Waals surface area contributed by atoms with E-state index in [-0.39, 0.29) is 22.9 Å². The van der Waals surface area contributed by atoms with E-state index >= 15 is 0 Å². The van der Waals surface area contributed by atoms with Crippen molar-refractivity contribution in [3.05, 3.63) is 52.9 Å². The number of carbonyl (C=O) groups excluding carboxylic acids is 1. The van der Waals surface area contributed by atoms with Crippen molar-refractivity contribution in [1.82, 2.24) is 4.98 Å². The van der Waals surface area contributed by atoms with Gasteiger partial charge in [-0.15, -0.1) is 0 Å². The number of nitrogens with one attached hydrogen (secondary N) is 2. The van der Waals surface area contributed by atoms with E-state index in [1.807, 2.05) is 0 Å². The van der Waals surface area contributed by atoms with Crippen LogP contribution in [-0.4, -0.2) is 32.2 Å². The number of sulfone groups is 1. The van der Waals surface area contributed by atoms with E-state index in [4.69, 9.17) is 4.74 Å². The number of aromatic nitrogens is 1. The minimum atomic E-state index is -3.34. The summed E-state index contributed by atoms with van der Waals surface area (Å²) in [6.45, 7) is -0.346. The zero-order valence-electron chi connectivity index (χ0n) is 11.7. The van der Waals surface area contributed by atoms with Crippen molar-refractivity contribution in [2.75, 3.05) is 18.2 Å². The molecule has 2 rings (SSSR count). The number of hydrogen-bond donors (Lipinski definition) is 2. The molecule has 0 aliphatic heterocycles. The molecule has 0 spiro atoms. The first kappa shape index (κ1) is 15.8. The van der Waals surface area contributed by atoms with Gasteiger partial charge in [0.15, 0.2) is 16.4 Å². The molecule has 0 bridgehead atoms. The second-order valence-corrected chi connectivity index (χ2v) is 6.51. The summed E-state index contributed by atoms with van der Waals surface area (Å²) in [5.74, 6) is -0.276. The molecule has 0 fully saturated rings. The Balaban J connectivity index is 2.00. The lowest BCUT2D eigenvalue weighted by Crippen LogP contribution is -2.24. The predicted octanol–water partition coefficient (Wildman–Crippen LogP) is 0.796. The Bertz CT molecular complexity index is 842. The van der Waals surface area contributed by atoms with Crippen molar-refractivity contribution >= 4 is 21.4 Å². The number of anilines is 1. The average molecular weight is 322 g/mol. The third-order valence-corrected chi connectivity index (χ3v) is 3.81. The van der Waals surface area contributed by atoms with Crippen LogP contribution in [0, 0.1) is 0 Å². The van der Waals surface area contributed by atoms with E-state index in [2.05, 4.69) is 10.3 Å². The number of pyridine rings is 1. The van der Waals surface area contributed by atoms with Crippen LogP contribution in [0.15, 0.2) is 52.3 Å². The average Bonchev–Trinajstić information content (AvgIpc) is 2.47. The smallest absolute Gasteiger partial charge is 0.271 e. The summed E-state index contributed by atoms with van der Waals surface area (Å²) in [4.78, 5) is 25.6. The fourth-order valence-electron chi connectivity index (χ4n) is 1.65. The van der Waals surface area contributed by atoms with Crippen molar-refractivity contribution < 1.29 is 17.9 Å². The Hall–Kier alpha value is -2.61. The molecule has 0 saturated heterocycles. The van der Waals surface area contributed by atoms with Crippen LogP contribution in [0.2, 0.25) is 0 Å². The first-order chi connectivity index (χ1) is 10.4. The summed E-state index contributed by atoms with van der Waals surface area (Å²) in [5, 5.41) is 2.40. The molecule has 0 aliphatic rings. The summed E-state index contributed by atoms with van der Waals surface area (Å²) in [7, 11) is -3.34. The number of hydrogen-bond acceptors (Lipinski definition) is 5. The van der Waals surface area contributed by atoms with Crippen molar-refractivity contribution in [2.45, 2.75) is 4.90 Å². The molecule has 0 unspecified atom stereocenters. The van der Waals surface area contributed by atoms with E-state index in [1.165, 1.54) is 36.5 Å². The van der Waals surface area contributed by atoms with Crippen LogP contribution < -0.4 is 15.6 Å². The first-order valence-electron chi connectivity index (χ1n) is 6.27. The Labute approximate surface area is 126 Å². The minimum absolute atomic E-state index is 0.102. The van der Waals surface area contributed by atoms with Crippen LogP contribution in [0.5, 0.6) is 5.75 Å². The lowest BCUT2D eigenvalue weighted by atomic mass is 10.3. The second-order valence-electron chi connectivity index (χ2n) is 4.50. The van der Waals surface area contributed by atoms with Crippen LogP contribution >= 0.6 is 0 Å². The summed E-state index contributed by atoms with van der Waals surface area (Å²) in [6.07, 6.45) is 2.53. The van der Waals surface area contributed by atoms with Gasteiger partial charge in [0.2, 0.25) is 0 Å². The lowest BCUT2D eigenvalue weighted by molar-refractivity contribution is -0.118. The normalized spacial score (nSPS) is 11.0. The molecule has 0 radical (unpaired) electrons. The zero-order valence-corrected chi connectivity index (χ0v) is 12.5. The van der Waals surface area contributed by atoms with Gasteiger partial charge in [-0.2, -0.15) is 0 Å². The molecule has 116 valence electrons. The molecule has 1 aromatic heterocycles. The van der Waals surface area contributed by atoms with Crippen molar-refractivity contribution in [1.29, 1.82) is 0 Å². The van der Waals surface area contributed by atoms with Gasteiger partial charge in [0.25, 0.3) is 11.5 Å². The number of carbonyl (C=O) groups is 1. The number of ether oxygens (including phenoxy) is 1. The molecule has 0 aliphatic carbocycles. The molecule has 1 aromatic carbocycles. The van der Waals surface area contributed by atoms with E-state index < -0.39 is 21.3 Å². The van der Waals surface area contributed by atoms with Gasteiger partial charge in [-0.05, 0) is 30.3 Å². The standard InChI is InChI=1S/C14H14N2O5S/c1-22(19,20)11-5-2-4-10(8-11)21-9-13(17)16-12-6-3-7-15-14(12)18/h2-8H,9H2,1H3,(H,15,18)(H,16,17). The van der Waals surface area contributed by atoms with Crippen LogP contribution in [0.3, 0.4) is 0 Å². The third kappa shape index (κ3) is 4.19. The number of benzene rings is 1. The fraction of sp³-hybridized carbons (Fsp3) is 0.143. The molecule has 1 amide bonds. The van der Waals surface area contributed by atoms with Crippen molar-refractivity contribution in [3.8, 4) is 5.75 Å². The zero-order chi connectivity index (χ0) is 16.2. The van der Waals surface area contributed by atoms with Gasteiger partial charge in [0, 0.05) is 12.5 Å². The van der Waals surface area contributed by atoms with Gasteiger partial charge in [0.05, 0.1) is 4.90 Å². The Morgan fingerprint density at radius 3 is 2.73 bits per heavy atom. The molecule has 0 saturated carbocycles. The molecule has 2 aromatic rings. The van der Waals surface area contributed by atoms with E-state index in [9.17, 15) is 18.0 Å². The largest absolute Gasteiger partial charge is 0.484 e. The molecular weight excluding hydrogens is 308 g/mol. The van der Waals surface area contributed by atoms with Gasteiger partial charge < -0.3 is 15.0 Å². The SMILES string of the molecule is CS(=O)(=O)c1cccc(OCC(=O)Nc2ccc[nH]c2=O)c1. The molecule has 2 N–H and O–H groups in total. The molecular formula is C14H14N2O5S. The lowest BCUT2D eigenvalue weighted by Gasteiger charge is -2.08. The Morgan fingerprint density at radius 2 is 2.05 bits per heavy atom. The predicted molar refractivity (Wildman–Crippen MR) is 80.7 cm³/mol. The molecule has 22 heavy (non-hydrogen) atoms. The van der Waals surface area contributed by atoms with E-state index in [1.54, 1.807) is 6.07 Å². The van der Waals surface area contributed by atoms with Crippen molar-refractivity contribution in [2.24, 2.45) is 0 Å². The van der Waals surface area contributed by atoms with Gasteiger partial charge >= 0.3 is 0 Å². The quantitative estimate of drug-likeness (QED) is 0.847. The van der Waals surface area contributed by atoms with Gasteiger partial charge in [-0.3, -0.25) is 9.59 Å². The van der Waals surface area contributed by atoms with Crippen LogP contribution in [0.25, 0.3) is 0 Å². The molecule has 7 nitrogen and oxygen atoms in total. The van der Waals surface area contributed by atoms with Crippen LogP contribution in [0.4, 0.5) is 5.69 Å². The highest BCUT2D eigenvalue weighted by Gasteiger charge is 2.10. The Kier molecular flexibility index (Phi) is 4.62. The highest BCUT2D eigenvalue weighted by Crippen LogP contribution is 2.17. The monoisotopic (exact) mass is 322 g/mol. The van der Waals surface area contributed by atoms with Gasteiger partial charge in [-0.1, -0.05) is 6.07 Å². The number of aromatic amines is 1.